The van der Waals surface area contributed by atoms with E-state index >= 15 is 0 Å². The van der Waals surface area contributed by atoms with Crippen molar-refractivity contribution in [2.75, 3.05) is 5.73 Å². The van der Waals surface area contributed by atoms with E-state index in [-0.39, 0.29) is 0 Å². The second-order valence-electron chi connectivity index (χ2n) is 3.99. The number of aromatic nitrogens is 1. The van der Waals surface area contributed by atoms with Crippen molar-refractivity contribution in [1.29, 1.82) is 0 Å². The van der Waals surface area contributed by atoms with Gasteiger partial charge in [-0.25, -0.2) is 0 Å². The number of anilines is 1. The largest absolute Gasteiger partial charge is 0.399 e. The van der Waals surface area contributed by atoms with Crippen molar-refractivity contribution >= 4 is 43.9 Å². The van der Waals surface area contributed by atoms with Crippen molar-refractivity contribution in [3.05, 3.63) is 51.3 Å². The lowest BCUT2D eigenvalue weighted by Gasteiger charge is -2.03. The fourth-order valence-electron chi connectivity index (χ4n) is 1.96. The maximum atomic E-state index is 5.78. The third-order valence-electron chi connectivity index (χ3n) is 2.74. The van der Waals surface area contributed by atoms with Crippen LogP contribution in [0.3, 0.4) is 0 Å². The molecule has 86 valence electrons. The first-order chi connectivity index (χ1) is 8.22. The number of nitrogen functional groups attached to an aromatic ring is 1. The third-order valence-corrected chi connectivity index (χ3v) is 4.43. The molecule has 0 unspecified atom stereocenters. The van der Waals surface area contributed by atoms with Crippen LogP contribution in [-0.2, 0) is 6.54 Å². The number of halogens is 1. The SMILES string of the molecule is Nc1ccc2c(ccn2Cc2cc(Br)cs2)c1. The Morgan fingerprint density at radius 2 is 2.12 bits per heavy atom. The highest BCUT2D eigenvalue weighted by molar-refractivity contribution is 9.10. The number of hydrogen-bond acceptors (Lipinski definition) is 2. The minimum atomic E-state index is 0.814. The quantitative estimate of drug-likeness (QED) is 0.710. The maximum absolute atomic E-state index is 5.78. The summed E-state index contributed by atoms with van der Waals surface area (Å²) in [6.07, 6.45) is 2.11. The molecule has 2 nitrogen and oxygen atoms in total. The van der Waals surface area contributed by atoms with E-state index in [0.29, 0.717) is 0 Å². The number of benzene rings is 1. The summed E-state index contributed by atoms with van der Waals surface area (Å²) in [6.45, 7) is 0.906. The molecular weight excluding hydrogens is 296 g/mol. The molecule has 2 N–H and O–H groups in total. The molecule has 0 saturated heterocycles. The lowest BCUT2D eigenvalue weighted by Crippen LogP contribution is -1.95. The Morgan fingerprint density at radius 1 is 1.24 bits per heavy atom. The number of thiophene rings is 1. The molecule has 2 aromatic heterocycles. The van der Waals surface area contributed by atoms with Crippen LogP contribution < -0.4 is 5.73 Å². The lowest BCUT2D eigenvalue weighted by atomic mass is 10.2. The molecule has 0 aliphatic carbocycles. The van der Waals surface area contributed by atoms with Gasteiger partial charge in [0, 0.05) is 37.5 Å². The number of nitrogens with zero attached hydrogens (tertiary/aromatic N) is 1. The minimum absolute atomic E-state index is 0.814. The topological polar surface area (TPSA) is 30.9 Å². The molecule has 0 atom stereocenters. The molecule has 0 spiro atoms. The highest BCUT2D eigenvalue weighted by atomic mass is 79.9. The summed E-state index contributed by atoms with van der Waals surface area (Å²) < 4.78 is 3.39. The number of hydrogen-bond donors (Lipinski definition) is 1. The first-order valence-corrected chi connectivity index (χ1v) is 6.97. The van der Waals surface area contributed by atoms with Crippen molar-refractivity contribution < 1.29 is 0 Å². The Labute approximate surface area is 112 Å². The molecule has 4 heteroatoms. The van der Waals surface area contributed by atoms with Gasteiger partial charge in [0.25, 0.3) is 0 Å². The third kappa shape index (κ3) is 2.10. The summed E-state index contributed by atoms with van der Waals surface area (Å²) in [6, 6.07) is 10.3. The Hall–Kier alpha value is -1.26. The predicted molar refractivity (Wildman–Crippen MR) is 77.5 cm³/mol. The van der Waals surface area contributed by atoms with Crippen molar-refractivity contribution in [2.24, 2.45) is 0 Å². The zero-order valence-corrected chi connectivity index (χ0v) is 11.5. The maximum Gasteiger partial charge on any atom is 0.0569 e. The average molecular weight is 307 g/mol. The van der Waals surface area contributed by atoms with Crippen LogP contribution >= 0.6 is 27.3 Å². The zero-order chi connectivity index (χ0) is 11.8. The molecule has 17 heavy (non-hydrogen) atoms. The van der Waals surface area contributed by atoms with Crippen molar-refractivity contribution in [3.63, 3.8) is 0 Å². The van der Waals surface area contributed by atoms with E-state index in [1.54, 1.807) is 11.3 Å². The number of rotatable bonds is 2. The minimum Gasteiger partial charge on any atom is -0.399 e. The van der Waals surface area contributed by atoms with Gasteiger partial charge in [-0.3, -0.25) is 0 Å². The normalized spacial score (nSPS) is 11.1. The Kier molecular flexibility index (Phi) is 2.68. The summed E-state index contributed by atoms with van der Waals surface area (Å²) in [5.74, 6) is 0. The summed E-state index contributed by atoms with van der Waals surface area (Å²) in [5, 5.41) is 3.31. The van der Waals surface area contributed by atoms with Crippen LogP contribution in [0.1, 0.15) is 4.88 Å². The van der Waals surface area contributed by atoms with Gasteiger partial charge in [0.15, 0.2) is 0 Å². The van der Waals surface area contributed by atoms with Crippen LogP contribution in [0.2, 0.25) is 0 Å². The van der Waals surface area contributed by atoms with Crippen LogP contribution in [0.4, 0.5) is 5.69 Å². The molecule has 0 amide bonds. The molecule has 2 heterocycles. The van der Waals surface area contributed by atoms with E-state index < -0.39 is 0 Å². The highest BCUT2D eigenvalue weighted by Gasteiger charge is 2.03. The molecule has 0 aliphatic heterocycles. The number of nitrogens with two attached hydrogens (primary N) is 1. The van der Waals surface area contributed by atoms with E-state index in [4.69, 9.17) is 5.73 Å². The summed E-state index contributed by atoms with van der Waals surface area (Å²) >= 11 is 5.25. The molecule has 0 bridgehead atoms. The van der Waals surface area contributed by atoms with Crippen molar-refractivity contribution in [3.8, 4) is 0 Å². The first kappa shape index (κ1) is 10.9. The van der Waals surface area contributed by atoms with Gasteiger partial charge in [-0.2, -0.15) is 0 Å². The molecule has 3 aromatic rings. The van der Waals surface area contributed by atoms with E-state index in [0.717, 1.165) is 16.7 Å². The lowest BCUT2D eigenvalue weighted by molar-refractivity contribution is 0.851. The summed E-state index contributed by atoms with van der Waals surface area (Å²) in [4.78, 5) is 1.34. The number of fused-ring (bicyclic) bond motifs is 1. The van der Waals surface area contributed by atoms with Crippen LogP contribution in [0, 0.1) is 0 Å². The molecule has 0 fully saturated rings. The van der Waals surface area contributed by atoms with E-state index in [2.05, 4.69) is 50.3 Å². The van der Waals surface area contributed by atoms with Gasteiger partial charge < -0.3 is 10.3 Å². The van der Waals surface area contributed by atoms with Gasteiger partial charge in [-0.15, -0.1) is 11.3 Å². The van der Waals surface area contributed by atoms with Crippen LogP contribution in [-0.4, -0.2) is 4.57 Å². The molecule has 3 rings (SSSR count). The molecule has 0 saturated carbocycles. The fraction of sp³-hybridized carbons (Fsp3) is 0.0769. The van der Waals surface area contributed by atoms with E-state index in [1.807, 2.05) is 12.1 Å². The van der Waals surface area contributed by atoms with Crippen LogP contribution in [0.15, 0.2) is 46.4 Å². The molecular formula is C13H11BrN2S. The van der Waals surface area contributed by atoms with Gasteiger partial charge in [0.1, 0.15) is 0 Å². The van der Waals surface area contributed by atoms with Crippen molar-refractivity contribution in [2.45, 2.75) is 6.54 Å². The zero-order valence-electron chi connectivity index (χ0n) is 9.06. The molecule has 1 aromatic carbocycles. The van der Waals surface area contributed by atoms with Crippen molar-refractivity contribution in [1.82, 2.24) is 4.57 Å². The van der Waals surface area contributed by atoms with Gasteiger partial charge in [-0.05, 0) is 46.3 Å². The first-order valence-electron chi connectivity index (χ1n) is 5.30. The van der Waals surface area contributed by atoms with E-state index in [9.17, 15) is 0 Å². The fourth-order valence-corrected chi connectivity index (χ4v) is 3.41. The second-order valence-corrected chi connectivity index (χ2v) is 5.90. The standard InChI is InChI=1S/C13H11BrN2S/c14-10-6-12(17-8-10)7-16-4-3-9-5-11(15)1-2-13(9)16/h1-6,8H,7,15H2. The van der Waals surface area contributed by atoms with Gasteiger partial charge in [0.2, 0.25) is 0 Å². The average Bonchev–Trinajstić information content (AvgIpc) is 2.86. The second kappa shape index (κ2) is 4.20. The Morgan fingerprint density at radius 3 is 2.88 bits per heavy atom. The molecule has 0 aliphatic rings. The van der Waals surface area contributed by atoms with Gasteiger partial charge in [-0.1, -0.05) is 0 Å². The molecule has 0 radical (unpaired) electrons. The van der Waals surface area contributed by atoms with Crippen LogP contribution in [0.5, 0.6) is 0 Å². The Bertz CT molecular complexity index is 669. The monoisotopic (exact) mass is 306 g/mol. The summed E-state index contributed by atoms with van der Waals surface area (Å²) in [5.41, 5.74) is 7.82. The Balaban J connectivity index is 2.00. The van der Waals surface area contributed by atoms with Crippen LogP contribution in [0.25, 0.3) is 10.9 Å². The highest BCUT2D eigenvalue weighted by Crippen LogP contribution is 2.24. The smallest absolute Gasteiger partial charge is 0.0569 e. The van der Waals surface area contributed by atoms with Gasteiger partial charge in [0.05, 0.1) is 6.54 Å². The van der Waals surface area contributed by atoms with Gasteiger partial charge >= 0.3 is 0 Å². The summed E-state index contributed by atoms with van der Waals surface area (Å²) in [7, 11) is 0. The van der Waals surface area contributed by atoms with E-state index in [1.165, 1.54) is 15.8 Å². The predicted octanol–water partition coefficient (Wildman–Crippen LogP) is 4.10.